The molecule has 1 saturated heterocycles. The van der Waals surface area contributed by atoms with Crippen LogP contribution in [-0.4, -0.2) is 46.4 Å². The van der Waals surface area contributed by atoms with Gasteiger partial charge in [-0.15, -0.1) is 24.8 Å². The van der Waals surface area contributed by atoms with Crippen LogP contribution in [-0.2, 0) is 4.79 Å². The second-order valence-corrected chi connectivity index (χ2v) is 3.80. The number of nitrogens with one attached hydrogen (secondary N) is 1. The predicted molar refractivity (Wildman–Crippen MR) is 65.1 cm³/mol. The first kappa shape index (κ1) is 18.3. The van der Waals surface area contributed by atoms with Gasteiger partial charge in [0.2, 0.25) is 0 Å². The lowest BCUT2D eigenvalue weighted by atomic mass is 9.81. The second kappa shape index (κ2) is 7.31. The first-order chi connectivity index (χ1) is 6.44. The summed E-state index contributed by atoms with van der Waals surface area (Å²) in [6, 6.07) is -0.0436. The number of hydrogen-bond donors (Lipinski definition) is 5. The van der Waals surface area contributed by atoms with Gasteiger partial charge in [-0.25, -0.2) is 0 Å². The fourth-order valence-electron chi connectivity index (χ4n) is 1.63. The Morgan fingerprint density at radius 3 is 2.44 bits per heavy atom. The normalized spacial score (nSPS) is 27.8. The van der Waals surface area contributed by atoms with Crippen LogP contribution in [0.15, 0.2) is 0 Å². The van der Waals surface area contributed by atoms with Crippen LogP contribution in [0.4, 0.5) is 0 Å². The van der Waals surface area contributed by atoms with E-state index in [1.54, 1.807) is 0 Å². The minimum Gasteiger partial charge on any atom is -0.480 e. The van der Waals surface area contributed by atoms with Gasteiger partial charge in [-0.3, -0.25) is 4.79 Å². The van der Waals surface area contributed by atoms with E-state index in [1.165, 1.54) is 0 Å². The molecule has 9 heteroatoms. The molecule has 0 saturated carbocycles. The number of aliphatic carboxylic acids is 1. The van der Waals surface area contributed by atoms with Crippen molar-refractivity contribution in [3.8, 4) is 0 Å². The van der Waals surface area contributed by atoms with Crippen LogP contribution in [0, 0.1) is 0 Å². The van der Waals surface area contributed by atoms with Crippen molar-refractivity contribution in [2.24, 2.45) is 5.73 Å². The molecular weight excluding hydrogens is 258 g/mol. The van der Waals surface area contributed by atoms with Gasteiger partial charge in [0.25, 0.3) is 0 Å². The summed E-state index contributed by atoms with van der Waals surface area (Å²) in [5.41, 5.74) is 4.41. The number of rotatable bonds is 4. The average molecular weight is 275 g/mol. The number of carboxylic acid groups (broad SMARTS) is 1. The van der Waals surface area contributed by atoms with Gasteiger partial charge in [-0.05, 0) is 19.2 Å². The lowest BCUT2D eigenvalue weighted by molar-refractivity contribution is -0.142. The third kappa shape index (κ3) is 4.86. The summed E-state index contributed by atoms with van der Waals surface area (Å²) in [7, 11) is -1.34. The third-order valence-electron chi connectivity index (χ3n) is 2.52. The first-order valence-corrected chi connectivity index (χ1v) is 4.56. The Morgan fingerprint density at radius 1 is 1.50 bits per heavy atom. The summed E-state index contributed by atoms with van der Waals surface area (Å²) in [6.07, 6.45) is 1.08. The van der Waals surface area contributed by atoms with Gasteiger partial charge in [0.1, 0.15) is 5.54 Å². The fraction of sp³-hybridized carbons (Fsp3) is 0.857. The van der Waals surface area contributed by atoms with E-state index in [9.17, 15) is 4.79 Å². The summed E-state index contributed by atoms with van der Waals surface area (Å²) in [6.45, 7) is 0.231. The number of halogens is 2. The molecule has 1 fully saturated rings. The van der Waals surface area contributed by atoms with Crippen LogP contribution in [0.2, 0.25) is 6.32 Å². The van der Waals surface area contributed by atoms with E-state index in [0.29, 0.717) is 12.8 Å². The number of hydrogen-bond acceptors (Lipinski definition) is 5. The topological polar surface area (TPSA) is 116 Å². The molecule has 1 heterocycles. The zero-order valence-corrected chi connectivity index (χ0v) is 10.3. The van der Waals surface area contributed by atoms with Crippen molar-refractivity contribution in [2.45, 2.75) is 30.7 Å². The minimum absolute atomic E-state index is 0. The van der Waals surface area contributed by atoms with E-state index < -0.39 is 18.6 Å². The molecule has 0 aromatic rings. The smallest absolute Gasteiger partial charge is 0.451 e. The summed E-state index contributed by atoms with van der Waals surface area (Å²) in [5, 5.41) is 29.0. The molecule has 16 heavy (non-hydrogen) atoms. The molecule has 96 valence electrons. The van der Waals surface area contributed by atoms with E-state index in [2.05, 4.69) is 5.32 Å². The number of carbonyl (C=O) groups is 1. The highest BCUT2D eigenvalue weighted by atomic mass is 35.5. The molecule has 0 radical (unpaired) electrons. The monoisotopic (exact) mass is 274 g/mol. The summed E-state index contributed by atoms with van der Waals surface area (Å²) in [5.74, 6) is -1.02. The molecule has 1 aliphatic heterocycles. The molecule has 0 spiro atoms. The molecule has 6 nitrogen and oxygen atoms in total. The number of carboxylic acids is 1. The molecule has 0 aromatic carbocycles. The molecule has 1 rings (SSSR count). The van der Waals surface area contributed by atoms with Gasteiger partial charge in [0, 0.05) is 12.6 Å². The van der Waals surface area contributed by atoms with Gasteiger partial charge in [0.15, 0.2) is 0 Å². The SMILES string of the molecule is Cl.Cl.NC1(C(=O)O)CNC(CCB(O)O)C1. The molecule has 6 N–H and O–H groups in total. The van der Waals surface area contributed by atoms with E-state index in [-0.39, 0.29) is 43.7 Å². The molecule has 2 unspecified atom stereocenters. The average Bonchev–Trinajstić information content (AvgIpc) is 2.45. The van der Waals surface area contributed by atoms with Crippen LogP contribution in [0.25, 0.3) is 0 Å². The molecule has 0 amide bonds. The van der Waals surface area contributed by atoms with Crippen molar-refractivity contribution in [1.82, 2.24) is 5.32 Å². The van der Waals surface area contributed by atoms with Crippen LogP contribution in [0.5, 0.6) is 0 Å². The zero-order valence-electron chi connectivity index (χ0n) is 8.63. The second-order valence-electron chi connectivity index (χ2n) is 3.80. The molecule has 2 atom stereocenters. The molecule has 0 aromatic heterocycles. The largest absolute Gasteiger partial charge is 0.480 e. The van der Waals surface area contributed by atoms with Gasteiger partial charge in [0.05, 0.1) is 0 Å². The maximum absolute atomic E-state index is 10.7. The van der Waals surface area contributed by atoms with Crippen LogP contribution in [0.3, 0.4) is 0 Å². The molecule has 1 aliphatic rings. The number of nitrogens with two attached hydrogens (primary N) is 1. The van der Waals surface area contributed by atoms with Crippen molar-refractivity contribution in [1.29, 1.82) is 0 Å². The maximum Gasteiger partial charge on any atom is 0.451 e. The molecule has 0 bridgehead atoms. The summed E-state index contributed by atoms with van der Waals surface area (Å²) < 4.78 is 0. The summed E-state index contributed by atoms with van der Waals surface area (Å²) >= 11 is 0. The van der Waals surface area contributed by atoms with Crippen LogP contribution in [0.1, 0.15) is 12.8 Å². The standard InChI is InChI=1S/C7H15BN2O4.2ClH/c9-7(6(11)12)3-5(10-4-7)1-2-8(13)14;;/h5,10,13-14H,1-4,9H2,(H,11,12);2*1H. The Kier molecular flexibility index (Phi) is 8.38. The molecular formula is C7H17BCl2N2O4. The Labute approximate surface area is 107 Å². The van der Waals surface area contributed by atoms with Gasteiger partial charge >= 0.3 is 13.1 Å². The third-order valence-corrected chi connectivity index (χ3v) is 2.52. The van der Waals surface area contributed by atoms with Crippen LogP contribution >= 0.6 is 24.8 Å². The highest BCUT2D eigenvalue weighted by Crippen LogP contribution is 2.20. The van der Waals surface area contributed by atoms with Gasteiger partial charge < -0.3 is 26.2 Å². The van der Waals surface area contributed by atoms with E-state index >= 15 is 0 Å². The Morgan fingerprint density at radius 2 is 2.06 bits per heavy atom. The van der Waals surface area contributed by atoms with Crippen molar-refractivity contribution >= 4 is 37.9 Å². The highest BCUT2D eigenvalue weighted by Gasteiger charge is 2.41. The van der Waals surface area contributed by atoms with Gasteiger partial charge in [-0.1, -0.05) is 0 Å². The first-order valence-electron chi connectivity index (χ1n) is 4.56. The zero-order chi connectivity index (χ0) is 10.8. The Bertz CT molecular complexity index is 234. The van der Waals surface area contributed by atoms with Crippen molar-refractivity contribution in [3.05, 3.63) is 0 Å². The maximum atomic E-state index is 10.7. The van der Waals surface area contributed by atoms with Crippen molar-refractivity contribution in [3.63, 3.8) is 0 Å². The van der Waals surface area contributed by atoms with Crippen molar-refractivity contribution in [2.75, 3.05) is 6.54 Å². The summed E-state index contributed by atoms with van der Waals surface area (Å²) in [4.78, 5) is 10.7. The minimum atomic E-state index is -1.34. The lowest BCUT2D eigenvalue weighted by Gasteiger charge is -2.16. The van der Waals surface area contributed by atoms with Gasteiger partial charge in [-0.2, -0.15) is 0 Å². The Balaban J connectivity index is 0. The fourth-order valence-corrected chi connectivity index (χ4v) is 1.63. The van der Waals surface area contributed by atoms with E-state index in [0.717, 1.165) is 0 Å². The van der Waals surface area contributed by atoms with E-state index in [4.69, 9.17) is 20.9 Å². The highest BCUT2D eigenvalue weighted by molar-refractivity contribution is 6.40. The molecule has 0 aliphatic carbocycles. The van der Waals surface area contributed by atoms with Crippen LogP contribution < -0.4 is 11.1 Å². The predicted octanol–water partition coefficient (Wildman–Crippen LogP) is -1.16. The lowest BCUT2D eigenvalue weighted by Crippen LogP contribution is -2.49. The van der Waals surface area contributed by atoms with E-state index in [1.807, 2.05) is 0 Å². The van der Waals surface area contributed by atoms with Crippen molar-refractivity contribution < 1.29 is 19.9 Å². The quantitative estimate of drug-likeness (QED) is 0.413. The Hall–Kier alpha value is -0.0451.